The first-order valence-corrected chi connectivity index (χ1v) is 12.8. The summed E-state index contributed by atoms with van der Waals surface area (Å²) in [5, 5.41) is 0. The SMILES string of the molecule is CCOC(=O)C1=C(C)N=c2s/c(=C/c3ccc(OC(C)=O)cc3OC(C)=O)c(=O)n2[C@H]1c1ccc(OC)cc1. The minimum Gasteiger partial charge on any atom is -0.497 e. The van der Waals surface area contributed by atoms with Gasteiger partial charge >= 0.3 is 17.9 Å². The largest absolute Gasteiger partial charge is 0.497 e. The Labute approximate surface area is 227 Å². The van der Waals surface area contributed by atoms with Gasteiger partial charge < -0.3 is 18.9 Å². The van der Waals surface area contributed by atoms with Crippen LogP contribution in [0.4, 0.5) is 0 Å². The quantitative estimate of drug-likeness (QED) is 0.325. The number of esters is 3. The predicted octanol–water partition coefficient (Wildman–Crippen LogP) is 2.66. The lowest BCUT2D eigenvalue weighted by Crippen LogP contribution is -2.39. The second kappa shape index (κ2) is 11.5. The molecule has 0 radical (unpaired) electrons. The number of ether oxygens (including phenoxy) is 4. The molecule has 3 aromatic rings. The van der Waals surface area contributed by atoms with E-state index in [2.05, 4.69) is 4.99 Å². The first-order chi connectivity index (χ1) is 18.6. The monoisotopic (exact) mass is 550 g/mol. The average molecular weight is 551 g/mol. The Morgan fingerprint density at radius 1 is 1.03 bits per heavy atom. The number of hydrogen-bond acceptors (Lipinski definition) is 10. The van der Waals surface area contributed by atoms with Gasteiger partial charge in [0.2, 0.25) is 0 Å². The van der Waals surface area contributed by atoms with Crippen molar-refractivity contribution in [1.29, 1.82) is 0 Å². The number of allylic oxidation sites excluding steroid dienone is 1. The van der Waals surface area contributed by atoms with Crippen LogP contribution in [0.25, 0.3) is 6.08 Å². The van der Waals surface area contributed by atoms with Crippen LogP contribution in [0, 0.1) is 0 Å². The summed E-state index contributed by atoms with van der Waals surface area (Å²) in [4.78, 5) is 54.9. The zero-order valence-electron chi connectivity index (χ0n) is 22.0. The lowest BCUT2D eigenvalue weighted by molar-refractivity contribution is -0.139. The molecule has 10 nitrogen and oxygen atoms in total. The van der Waals surface area contributed by atoms with E-state index in [9.17, 15) is 19.2 Å². The Morgan fingerprint density at radius 2 is 1.69 bits per heavy atom. The van der Waals surface area contributed by atoms with Crippen LogP contribution in [0.5, 0.6) is 17.2 Å². The van der Waals surface area contributed by atoms with Crippen molar-refractivity contribution in [2.75, 3.05) is 13.7 Å². The van der Waals surface area contributed by atoms with Crippen molar-refractivity contribution < 1.29 is 33.3 Å². The number of rotatable bonds is 7. The van der Waals surface area contributed by atoms with Crippen LogP contribution >= 0.6 is 11.3 Å². The van der Waals surface area contributed by atoms with E-state index in [1.807, 2.05) is 0 Å². The van der Waals surface area contributed by atoms with Gasteiger partial charge in [-0.15, -0.1) is 0 Å². The fraction of sp³-hybridized carbons (Fsp3) is 0.250. The molecule has 0 saturated carbocycles. The van der Waals surface area contributed by atoms with Crippen LogP contribution in [0.2, 0.25) is 0 Å². The Morgan fingerprint density at radius 3 is 2.31 bits per heavy atom. The van der Waals surface area contributed by atoms with E-state index in [4.69, 9.17) is 18.9 Å². The average Bonchev–Trinajstić information content (AvgIpc) is 3.18. The summed E-state index contributed by atoms with van der Waals surface area (Å²) in [7, 11) is 1.55. The van der Waals surface area contributed by atoms with Gasteiger partial charge in [-0.05, 0) is 49.8 Å². The maximum absolute atomic E-state index is 13.8. The molecular formula is C28H26N2O8S. The van der Waals surface area contributed by atoms with E-state index in [1.54, 1.807) is 57.4 Å². The lowest BCUT2D eigenvalue weighted by Gasteiger charge is -2.24. The molecule has 0 saturated heterocycles. The number of carbonyl (C=O) groups excluding carboxylic acids is 3. The third-order valence-electron chi connectivity index (χ3n) is 5.74. The van der Waals surface area contributed by atoms with Gasteiger partial charge in [0.05, 0.1) is 35.6 Å². The highest BCUT2D eigenvalue weighted by Gasteiger charge is 2.33. The van der Waals surface area contributed by atoms with Crippen molar-refractivity contribution >= 4 is 35.3 Å². The fourth-order valence-corrected chi connectivity index (χ4v) is 5.18. The third kappa shape index (κ3) is 5.83. The molecule has 0 N–H and O–H groups in total. The molecule has 2 heterocycles. The van der Waals surface area contributed by atoms with E-state index < -0.39 is 29.5 Å². The molecule has 1 atom stereocenters. The molecule has 2 aromatic carbocycles. The summed E-state index contributed by atoms with van der Waals surface area (Å²) in [6, 6.07) is 10.8. The van der Waals surface area contributed by atoms with Crippen molar-refractivity contribution in [2.45, 2.75) is 33.7 Å². The van der Waals surface area contributed by atoms with Crippen LogP contribution in [0.3, 0.4) is 0 Å². The van der Waals surface area contributed by atoms with Crippen LogP contribution in [-0.4, -0.2) is 36.2 Å². The molecule has 202 valence electrons. The van der Waals surface area contributed by atoms with E-state index in [0.29, 0.717) is 31.9 Å². The van der Waals surface area contributed by atoms with Crippen LogP contribution < -0.4 is 29.1 Å². The van der Waals surface area contributed by atoms with Crippen LogP contribution in [0.1, 0.15) is 44.9 Å². The molecule has 4 rings (SSSR count). The van der Waals surface area contributed by atoms with E-state index in [-0.39, 0.29) is 23.7 Å². The molecule has 0 amide bonds. The van der Waals surface area contributed by atoms with E-state index in [0.717, 1.165) is 11.3 Å². The molecule has 0 fully saturated rings. The highest BCUT2D eigenvalue weighted by molar-refractivity contribution is 7.07. The van der Waals surface area contributed by atoms with Crippen LogP contribution in [-0.2, 0) is 19.1 Å². The van der Waals surface area contributed by atoms with Gasteiger partial charge in [-0.25, -0.2) is 9.79 Å². The predicted molar refractivity (Wildman–Crippen MR) is 142 cm³/mol. The number of aromatic nitrogens is 1. The molecule has 1 aliphatic rings. The minimum absolute atomic E-state index is 0.113. The smallest absolute Gasteiger partial charge is 0.338 e. The van der Waals surface area contributed by atoms with Gasteiger partial charge in [-0.2, -0.15) is 0 Å². The van der Waals surface area contributed by atoms with Gasteiger partial charge in [0.1, 0.15) is 17.2 Å². The highest BCUT2D eigenvalue weighted by atomic mass is 32.1. The number of fused-ring (bicyclic) bond motifs is 1. The summed E-state index contributed by atoms with van der Waals surface area (Å²) in [5.41, 5.74) is 1.38. The Kier molecular flexibility index (Phi) is 8.10. The van der Waals surface area contributed by atoms with Crippen LogP contribution in [0.15, 0.2) is 63.5 Å². The van der Waals surface area contributed by atoms with Gasteiger partial charge in [-0.1, -0.05) is 23.5 Å². The number of nitrogens with zero attached hydrogens (tertiary/aromatic N) is 2. The standard InChI is InChI=1S/C28H26N2O8S/c1-6-36-27(34)24-15(2)29-28-30(25(24)18-7-10-20(35-5)11-8-18)26(33)23(39-28)13-19-9-12-21(37-16(3)31)14-22(19)38-17(4)32/h7-14,25H,6H2,1-5H3/b23-13+/t25-/m0/s1. The fourth-order valence-electron chi connectivity index (χ4n) is 4.14. The number of benzene rings is 2. The normalized spacial score (nSPS) is 14.8. The molecule has 0 unspecified atom stereocenters. The topological polar surface area (TPSA) is 122 Å². The molecule has 1 aliphatic heterocycles. The van der Waals surface area contributed by atoms with Crippen molar-refractivity contribution in [3.05, 3.63) is 84.5 Å². The molecule has 0 spiro atoms. The summed E-state index contributed by atoms with van der Waals surface area (Å²) in [6.45, 7) is 6.07. The molecule has 0 bridgehead atoms. The second-order valence-electron chi connectivity index (χ2n) is 8.46. The highest BCUT2D eigenvalue weighted by Crippen LogP contribution is 2.32. The number of methoxy groups -OCH3 is 1. The van der Waals surface area contributed by atoms with E-state index in [1.165, 1.54) is 30.5 Å². The minimum atomic E-state index is -0.785. The third-order valence-corrected chi connectivity index (χ3v) is 6.72. The zero-order valence-corrected chi connectivity index (χ0v) is 22.8. The number of hydrogen-bond donors (Lipinski definition) is 0. The Hall–Kier alpha value is -4.51. The zero-order chi connectivity index (χ0) is 28.3. The maximum Gasteiger partial charge on any atom is 0.338 e. The van der Waals surface area contributed by atoms with Crippen molar-refractivity contribution in [1.82, 2.24) is 4.57 Å². The second-order valence-corrected chi connectivity index (χ2v) is 9.47. The van der Waals surface area contributed by atoms with Gasteiger partial charge in [0.15, 0.2) is 4.80 Å². The maximum atomic E-state index is 13.8. The Bertz CT molecular complexity index is 1660. The first kappa shape index (κ1) is 27.5. The molecular weight excluding hydrogens is 524 g/mol. The number of carbonyl (C=O) groups is 3. The Balaban J connectivity index is 1.91. The van der Waals surface area contributed by atoms with Gasteiger partial charge in [0.25, 0.3) is 5.56 Å². The number of thiazole rings is 1. The lowest BCUT2D eigenvalue weighted by atomic mass is 9.96. The summed E-state index contributed by atoms with van der Waals surface area (Å²) in [5.74, 6) is -0.753. The van der Waals surface area contributed by atoms with Crippen molar-refractivity contribution in [3.8, 4) is 17.2 Å². The van der Waals surface area contributed by atoms with Crippen molar-refractivity contribution in [2.24, 2.45) is 4.99 Å². The molecule has 1 aromatic heterocycles. The summed E-state index contributed by atoms with van der Waals surface area (Å²) in [6.07, 6.45) is 1.56. The first-order valence-electron chi connectivity index (χ1n) is 12.0. The molecule has 11 heteroatoms. The summed E-state index contributed by atoms with van der Waals surface area (Å²) >= 11 is 1.13. The van der Waals surface area contributed by atoms with E-state index >= 15 is 0 Å². The summed E-state index contributed by atoms with van der Waals surface area (Å²) < 4.78 is 22.7. The molecule has 0 aliphatic carbocycles. The van der Waals surface area contributed by atoms with Gasteiger partial charge in [0, 0.05) is 25.5 Å². The van der Waals surface area contributed by atoms with Crippen molar-refractivity contribution in [3.63, 3.8) is 0 Å². The molecule has 39 heavy (non-hydrogen) atoms. The van der Waals surface area contributed by atoms with Gasteiger partial charge in [-0.3, -0.25) is 19.0 Å².